The fraction of sp³-hybridized carbons (Fsp3) is 0.357. The lowest BCUT2D eigenvalue weighted by atomic mass is 9.95. The molecule has 0 saturated carbocycles. The highest BCUT2D eigenvalue weighted by Gasteiger charge is 2.29. The monoisotopic (exact) mass is 280 g/mol. The molecule has 20 heavy (non-hydrogen) atoms. The summed E-state index contributed by atoms with van der Waals surface area (Å²) in [4.78, 5) is 33.0. The van der Waals surface area contributed by atoms with Crippen molar-refractivity contribution in [3.05, 3.63) is 35.9 Å². The first-order valence-corrected chi connectivity index (χ1v) is 6.11. The van der Waals surface area contributed by atoms with Crippen LogP contribution < -0.4 is 0 Å². The molecule has 2 atom stereocenters. The molecule has 0 heterocycles. The summed E-state index contributed by atoms with van der Waals surface area (Å²) in [7, 11) is 0. The highest BCUT2D eigenvalue weighted by Crippen LogP contribution is 2.22. The van der Waals surface area contributed by atoms with Gasteiger partial charge in [0.15, 0.2) is 0 Å². The van der Waals surface area contributed by atoms with E-state index in [0.717, 1.165) is 5.56 Å². The van der Waals surface area contributed by atoms with E-state index in [1.54, 1.807) is 37.3 Å². The van der Waals surface area contributed by atoms with Crippen LogP contribution in [0.5, 0.6) is 0 Å². The summed E-state index contributed by atoms with van der Waals surface area (Å²) < 4.78 is 4.88. The number of hydrogen-bond donors (Lipinski definition) is 2. The van der Waals surface area contributed by atoms with Crippen molar-refractivity contribution in [2.24, 2.45) is 0 Å². The standard InChI is InChI=1S/C14H16O6/c1-9(10-5-3-2-4-6-10)13(14(18)19)20-12(17)8-7-11(15)16/h2-6,9,13H,7-8H2,1H3,(H,15,16)(H,18,19)/t9-,13+/m0/s1. The fourth-order valence-corrected chi connectivity index (χ4v) is 1.71. The van der Waals surface area contributed by atoms with Gasteiger partial charge in [0.1, 0.15) is 0 Å². The van der Waals surface area contributed by atoms with E-state index in [9.17, 15) is 14.4 Å². The number of carboxylic acids is 2. The SMILES string of the molecule is C[C@@H](c1ccccc1)[C@@H](OC(=O)CCC(=O)O)C(=O)O. The molecule has 1 aromatic rings. The maximum Gasteiger partial charge on any atom is 0.345 e. The van der Waals surface area contributed by atoms with Crippen LogP contribution in [0.4, 0.5) is 0 Å². The van der Waals surface area contributed by atoms with Gasteiger partial charge in [0, 0.05) is 5.92 Å². The molecule has 6 heteroatoms. The minimum atomic E-state index is -1.33. The molecule has 0 spiro atoms. The summed E-state index contributed by atoms with van der Waals surface area (Å²) in [6.45, 7) is 1.64. The number of esters is 1. The van der Waals surface area contributed by atoms with Gasteiger partial charge in [0.05, 0.1) is 12.8 Å². The first kappa shape index (κ1) is 15.7. The summed E-state index contributed by atoms with van der Waals surface area (Å²) >= 11 is 0. The number of ether oxygens (including phenoxy) is 1. The first-order chi connectivity index (χ1) is 9.41. The Hall–Kier alpha value is -2.37. The lowest BCUT2D eigenvalue weighted by molar-refractivity contribution is -0.166. The number of hydrogen-bond acceptors (Lipinski definition) is 4. The Balaban J connectivity index is 2.72. The first-order valence-electron chi connectivity index (χ1n) is 6.11. The van der Waals surface area contributed by atoms with E-state index in [1.807, 2.05) is 0 Å². The Morgan fingerprint density at radius 3 is 2.20 bits per heavy atom. The summed E-state index contributed by atoms with van der Waals surface area (Å²) in [5.41, 5.74) is 0.728. The van der Waals surface area contributed by atoms with E-state index in [1.165, 1.54) is 0 Å². The topological polar surface area (TPSA) is 101 Å². The van der Waals surface area contributed by atoms with Crippen LogP contribution in [0.15, 0.2) is 30.3 Å². The van der Waals surface area contributed by atoms with E-state index < -0.39 is 29.9 Å². The third-order valence-electron chi connectivity index (χ3n) is 2.82. The Morgan fingerprint density at radius 1 is 1.10 bits per heavy atom. The summed E-state index contributed by atoms with van der Waals surface area (Å²) in [6.07, 6.45) is -2.07. The van der Waals surface area contributed by atoms with Gasteiger partial charge in [-0.05, 0) is 5.56 Å². The zero-order valence-corrected chi connectivity index (χ0v) is 11.0. The van der Waals surface area contributed by atoms with Crippen molar-refractivity contribution in [3.8, 4) is 0 Å². The van der Waals surface area contributed by atoms with Gasteiger partial charge < -0.3 is 14.9 Å². The quantitative estimate of drug-likeness (QED) is 0.736. The minimum Gasteiger partial charge on any atom is -0.481 e. The van der Waals surface area contributed by atoms with Crippen LogP contribution in [0.3, 0.4) is 0 Å². The smallest absolute Gasteiger partial charge is 0.345 e. The molecule has 0 unspecified atom stereocenters. The highest BCUT2D eigenvalue weighted by atomic mass is 16.6. The third-order valence-corrected chi connectivity index (χ3v) is 2.82. The summed E-state index contributed by atoms with van der Waals surface area (Å²) in [5, 5.41) is 17.6. The summed E-state index contributed by atoms with van der Waals surface area (Å²) in [5.74, 6) is -3.75. The normalized spacial score (nSPS) is 13.2. The van der Waals surface area contributed by atoms with Gasteiger partial charge in [-0.1, -0.05) is 37.3 Å². The third kappa shape index (κ3) is 4.72. The lowest BCUT2D eigenvalue weighted by Gasteiger charge is -2.20. The van der Waals surface area contributed by atoms with Gasteiger partial charge in [-0.2, -0.15) is 0 Å². The Morgan fingerprint density at radius 2 is 1.70 bits per heavy atom. The largest absolute Gasteiger partial charge is 0.481 e. The number of carbonyl (C=O) groups is 3. The second-order valence-corrected chi connectivity index (χ2v) is 4.34. The predicted octanol–water partition coefficient (Wildman–Crippen LogP) is 1.65. The second kappa shape index (κ2) is 7.28. The maximum absolute atomic E-state index is 11.4. The van der Waals surface area contributed by atoms with E-state index >= 15 is 0 Å². The molecular weight excluding hydrogens is 264 g/mol. The molecular formula is C14H16O6. The van der Waals surface area contributed by atoms with E-state index in [0.29, 0.717) is 0 Å². The van der Waals surface area contributed by atoms with Gasteiger partial charge in [0.25, 0.3) is 0 Å². The van der Waals surface area contributed by atoms with E-state index in [-0.39, 0.29) is 12.8 Å². The molecule has 0 bridgehead atoms. The number of rotatable bonds is 7. The fourth-order valence-electron chi connectivity index (χ4n) is 1.71. The molecule has 0 aromatic heterocycles. The van der Waals surface area contributed by atoms with Crippen LogP contribution >= 0.6 is 0 Å². The molecule has 6 nitrogen and oxygen atoms in total. The van der Waals surface area contributed by atoms with Crippen LogP contribution in [0.25, 0.3) is 0 Å². The average molecular weight is 280 g/mol. The molecule has 0 fully saturated rings. The van der Waals surface area contributed by atoms with Crippen LogP contribution in [0.1, 0.15) is 31.2 Å². The van der Waals surface area contributed by atoms with Crippen molar-refractivity contribution in [2.75, 3.05) is 0 Å². The van der Waals surface area contributed by atoms with Gasteiger partial charge in [0.2, 0.25) is 6.10 Å². The Bertz CT molecular complexity index is 482. The molecule has 0 aliphatic rings. The van der Waals surface area contributed by atoms with Gasteiger partial charge in [-0.15, -0.1) is 0 Å². The zero-order chi connectivity index (χ0) is 15.1. The zero-order valence-electron chi connectivity index (χ0n) is 11.0. The molecule has 0 radical (unpaired) electrons. The second-order valence-electron chi connectivity index (χ2n) is 4.34. The molecule has 0 amide bonds. The summed E-state index contributed by atoms with van der Waals surface area (Å²) in [6, 6.07) is 8.80. The molecule has 0 aliphatic heterocycles. The van der Waals surface area contributed by atoms with Crippen molar-refractivity contribution < 1.29 is 29.3 Å². The van der Waals surface area contributed by atoms with Crippen molar-refractivity contribution >= 4 is 17.9 Å². The van der Waals surface area contributed by atoms with Crippen LogP contribution in [0, 0.1) is 0 Å². The number of benzene rings is 1. The molecule has 1 rings (SSSR count). The Kier molecular flexibility index (Phi) is 5.71. The van der Waals surface area contributed by atoms with Crippen LogP contribution in [0.2, 0.25) is 0 Å². The number of carboxylic acid groups (broad SMARTS) is 2. The van der Waals surface area contributed by atoms with Gasteiger partial charge in [-0.25, -0.2) is 4.79 Å². The van der Waals surface area contributed by atoms with Crippen LogP contribution in [-0.2, 0) is 19.1 Å². The molecule has 0 aliphatic carbocycles. The highest BCUT2D eigenvalue weighted by molar-refractivity contribution is 5.81. The molecule has 1 aromatic carbocycles. The van der Waals surface area contributed by atoms with E-state index in [4.69, 9.17) is 14.9 Å². The molecule has 108 valence electrons. The maximum atomic E-state index is 11.4. The van der Waals surface area contributed by atoms with Crippen molar-refractivity contribution in [3.63, 3.8) is 0 Å². The van der Waals surface area contributed by atoms with Crippen molar-refractivity contribution in [2.45, 2.75) is 31.8 Å². The van der Waals surface area contributed by atoms with Crippen molar-refractivity contribution in [1.29, 1.82) is 0 Å². The number of carbonyl (C=O) groups excluding carboxylic acids is 1. The minimum absolute atomic E-state index is 0.347. The molecule has 2 N–H and O–H groups in total. The lowest BCUT2D eigenvalue weighted by Crippen LogP contribution is -2.32. The van der Waals surface area contributed by atoms with E-state index in [2.05, 4.69) is 0 Å². The van der Waals surface area contributed by atoms with Gasteiger partial charge >= 0.3 is 17.9 Å². The molecule has 0 saturated heterocycles. The predicted molar refractivity (Wildman–Crippen MR) is 69.2 cm³/mol. The average Bonchev–Trinajstić information content (AvgIpc) is 2.42. The van der Waals surface area contributed by atoms with Gasteiger partial charge in [-0.3, -0.25) is 9.59 Å². The van der Waals surface area contributed by atoms with Crippen LogP contribution in [-0.4, -0.2) is 34.2 Å². The van der Waals surface area contributed by atoms with Crippen molar-refractivity contribution in [1.82, 2.24) is 0 Å². The Labute approximate surface area is 116 Å². The number of aliphatic carboxylic acids is 2.